The molecular weight excluding hydrogens is 433 g/mol. The van der Waals surface area contributed by atoms with E-state index in [4.69, 9.17) is 2.74 Å². The van der Waals surface area contributed by atoms with Gasteiger partial charge in [0, 0.05) is 23.2 Å². The van der Waals surface area contributed by atoms with E-state index in [9.17, 15) is 19.6 Å². The van der Waals surface area contributed by atoms with E-state index in [1.54, 1.807) is 6.92 Å². The fourth-order valence-electron chi connectivity index (χ4n) is 3.78. The summed E-state index contributed by atoms with van der Waals surface area (Å²) in [7, 11) is -0.811. The van der Waals surface area contributed by atoms with Crippen molar-refractivity contribution in [1.82, 2.24) is 25.4 Å². The van der Waals surface area contributed by atoms with E-state index >= 15 is 4.39 Å². The molecule has 1 aliphatic rings. The molecule has 0 spiro atoms. The topological polar surface area (TPSA) is 140 Å². The van der Waals surface area contributed by atoms with Crippen molar-refractivity contribution in [3.05, 3.63) is 11.6 Å². The van der Waals surface area contributed by atoms with Gasteiger partial charge in [-0.15, -0.1) is 0 Å². The normalized spacial score (nSPS) is 16.2. The number of halogens is 1. The Kier molecular flexibility index (Phi) is 8.62. The zero-order chi connectivity index (χ0) is 26.0. The highest BCUT2D eigenvalue weighted by Crippen LogP contribution is 2.30. The number of aromatic nitrogens is 2. The maximum atomic E-state index is 15.1. The zero-order valence-corrected chi connectivity index (χ0v) is 19.0. The summed E-state index contributed by atoms with van der Waals surface area (Å²) in [5.74, 6) is -2.79. The minimum atomic E-state index is -0.961. The Balaban J connectivity index is 2.14. The molecule has 0 aliphatic heterocycles. The number of anilines is 2. The van der Waals surface area contributed by atoms with Gasteiger partial charge in [-0.25, -0.2) is 15.0 Å². The predicted molar refractivity (Wildman–Crippen MR) is 120 cm³/mol. The molecule has 1 aromatic heterocycles. The number of nitrogens with one attached hydrogen (secondary N) is 3. The summed E-state index contributed by atoms with van der Waals surface area (Å²) >= 11 is 0. The number of carbonyl (C=O) groups is 3. The molecule has 4 N–H and O–H groups in total. The van der Waals surface area contributed by atoms with Crippen molar-refractivity contribution in [2.45, 2.75) is 58.4 Å². The molecule has 1 aromatic rings. The van der Waals surface area contributed by atoms with Crippen molar-refractivity contribution in [2.75, 3.05) is 31.3 Å². The third-order valence-corrected chi connectivity index (χ3v) is 5.55. The summed E-state index contributed by atoms with van der Waals surface area (Å²) in [6, 6.07) is -0.961. The van der Waals surface area contributed by atoms with E-state index < -0.39 is 43.6 Å². The van der Waals surface area contributed by atoms with Gasteiger partial charge in [0.25, 0.3) is 0 Å². The van der Waals surface area contributed by atoms with Crippen LogP contribution in [0.5, 0.6) is 0 Å². The number of hydrogen-bond donors (Lipinski definition) is 4. The zero-order valence-electron chi connectivity index (χ0n) is 21.0. The second-order valence-electron chi connectivity index (χ2n) is 8.17. The Morgan fingerprint density at radius 2 is 1.97 bits per heavy atom. The van der Waals surface area contributed by atoms with Crippen LogP contribution >= 0.6 is 0 Å². The molecule has 184 valence electrons. The third kappa shape index (κ3) is 7.52. The highest BCUT2D eigenvalue weighted by atomic mass is 19.1. The van der Waals surface area contributed by atoms with E-state index in [2.05, 4.69) is 26.1 Å². The molecule has 1 aliphatic carbocycles. The standard InChI is InChI=1S/C21H34FN7O4/c1-5-16-24-18(23-13(2)21(32)28(3)4)17(22)19(25-16)26-27-20(31)15(11-29(33)12-30)10-14-8-6-7-9-14/h12-15,33H,5-11H2,1-4H3,(H,27,31)(H2,23,24,25,26)/t13-,15+/m0/s1/i3D,4D. The Morgan fingerprint density at radius 1 is 1.30 bits per heavy atom. The maximum Gasteiger partial charge on any atom is 0.244 e. The maximum absolute atomic E-state index is 15.1. The molecule has 1 saturated carbocycles. The molecule has 33 heavy (non-hydrogen) atoms. The molecule has 2 rings (SSSR count). The molecule has 0 aromatic carbocycles. The van der Waals surface area contributed by atoms with Crippen LogP contribution in [0.4, 0.5) is 16.0 Å². The first-order valence-corrected chi connectivity index (χ1v) is 10.9. The van der Waals surface area contributed by atoms with Crippen LogP contribution in [0, 0.1) is 17.7 Å². The average molecular weight is 470 g/mol. The second kappa shape index (κ2) is 12.3. The number of amides is 3. The van der Waals surface area contributed by atoms with Gasteiger partial charge in [0.1, 0.15) is 11.9 Å². The fourth-order valence-corrected chi connectivity index (χ4v) is 3.78. The Labute approximate surface area is 195 Å². The summed E-state index contributed by atoms with van der Waals surface area (Å²) < 4.78 is 29.8. The summed E-state index contributed by atoms with van der Waals surface area (Å²) in [6.07, 6.45) is 5.11. The summed E-state index contributed by atoms with van der Waals surface area (Å²) in [4.78, 5) is 45.1. The molecule has 12 heteroatoms. The molecule has 11 nitrogen and oxygen atoms in total. The van der Waals surface area contributed by atoms with Crippen LogP contribution in [0.25, 0.3) is 0 Å². The lowest BCUT2D eigenvalue weighted by Gasteiger charge is -2.23. The molecule has 1 fully saturated rings. The first-order valence-electron chi connectivity index (χ1n) is 12.3. The van der Waals surface area contributed by atoms with Crippen molar-refractivity contribution in [2.24, 2.45) is 11.8 Å². The minimum absolute atomic E-state index is 0.199. The average Bonchev–Trinajstić information content (AvgIpc) is 3.37. The number of hydrazine groups is 1. The van der Waals surface area contributed by atoms with Crippen LogP contribution in [0.2, 0.25) is 0 Å². The summed E-state index contributed by atoms with van der Waals surface area (Å²) in [5, 5.41) is 12.7. The lowest BCUT2D eigenvalue weighted by Crippen LogP contribution is -2.41. The number of hydrogen-bond acceptors (Lipinski definition) is 8. The van der Waals surface area contributed by atoms with E-state index in [0.29, 0.717) is 23.8 Å². The number of rotatable bonds is 12. The van der Waals surface area contributed by atoms with Gasteiger partial charge in [-0.2, -0.15) is 4.39 Å². The van der Waals surface area contributed by atoms with Gasteiger partial charge in [0.15, 0.2) is 11.6 Å². The van der Waals surface area contributed by atoms with Gasteiger partial charge in [-0.3, -0.25) is 30.4 Å². The Bertz CT molecular complexity index is 872. The van der Waals surface area contributed by atoms with E-state index in [-0.39, 0.29) is 30.4 Å². The van der Waals surface area contributed by atoms with Gasteiger partial charge in [-0.05, 0) is 19.3 Å². The van der Waals surface area contributed by atoms with Crippen molar-refractivity contribution >= 4 is 29.9 Å². The van der Waals surface area contributed by atoms with Gasteiger partial charge in [0.2, 0.25) is 24.0 Å². The first kappa shape index (κ1) is 23.1. The lowest BCUT2D eigenvalue weighted by atomic mass is 9.92. The highest BCUT2D eigenvalue weighted by molar-refractivity contribution is 5.84. The molecule has 0 saturated heterocycles. The van der Waals surface area contributed by atoms with Crippen LogP contribution in [-0.4, -0.2) is 70.0 Å². The molecule has 2 atom stereocenters. The van der Waals surface area contributed by atoms with E-state index in [0.717, 1.165) is 30.6 Å². The van der Waals surface area contributed by atoms with Crippen LogP contribution < -0.4 is 16.2 Å². The van der Waals surface area contributed by atoms with Crippen molar-refractivity contribution in [3.8, 4) is 0 Å². The lowest BCUT2D eigenvalue weighted by molar-refractivity contribution is -0.154. The Morgan fingerprint density at radius 3 is 2.58 bits per heavy atom. The van der Waals surface area contributed by atoms with Crippen molar-refractivity contribution < 1.29 is 26.7 Å². The molecule has 0 bridgehead atoms. The second-order valence-corrected chi connectivity index (χ2v) is 8.17. The molecule has 3 amide bonds. The largest absolute Gasteiger partial charge is 0.356 e. The first-order chi connectivity index (χ1) is 16.7. The smallest absolute Gasteiger partial charge is 0.244 e. The number of hydroxylamine groups is 2. The highest BCUT2D eigenvalue weighted by Gasteiger charge is 2.27. The monoisotopic (exact) mass is 469 g/mol. The number of aryl methyl sites for hydroxylation is 1. The van der Waals surface area contributed by atoms with Crippen LogP contribution in [-0.2, 0) is 20.8 Å². The van der Waals surface area contributed by atoms with Gasteiger partial charge >= 0.3 is 0 Å². The van der Waals surface area contributed by atoms with Gasteiger partial charge < -0.3 is 10.2 Å². The van der Waals surface area contributed by atoms with E-state index in [1.807, 2.05) is 0 Å². The molecular formula is C21H34FN7O4. The van der Waals surface area contributed by atoms with Gasteiger partial charge in [0.05, 0.1) is 12.5 Å². The SMILES string of the molecule is [2H]CN(C[2H])C(=O)[C@H](C)Nc1nc(CC)nc(NNC(=O)[C@H](CC2CCCC2)CN(O)C=O)c1F. The Hall–Kier alpha value is -3.02. The quantitative estimate of drug-likeness (QED) is 0.205. The summed E-state index contributed by atoms with van der Waals surface area (Å²) in [6.45, 7) is 3.02. The van der Waals surface area contributed by atoms with Crippen LogP contribution in [0.3, 0.4) is 0 Å². The predicted octanol–water partition coefficient (Wildman–Crippen LogP) is 1.55. The summed E-state index contributed by atoms with van der Waals surface area (Å²) in [5.41, 5.74) is 4.87. The van der Waals surface area contributed by atoms with Gasteiger partial charge in [-0.1, -0.05) is 32.6 Å². The minimum Gasteiger partial charge on any atom is -0.356 e. The van der Waals surface area contributed by atoms with Crippen LogP contribution in [0.1, 0.15) is 54.5 Å². The number of likely N-dealkylation sites (N-methyl/N-ethyl adjacent to an activating group) is 1. The fraction of sp³-hybridized carbons (Fsp3) is 0.667. The van der Waals surface area contributed by atoms with Crippen LogP contribution in [0.15, 0.2) is 0 Å². The number of nitrogens with zero attached hydrogens (tertiary/aromatic N) is 4. The van der Waals surface area contributed by atoms with E-state index in [1.165, 1.54) is 6.92 Å². The van der Waals surface area contributed by atoms with Crippen molar-refractivity contribution in [1.29, 1.82) is 0 Å². The number of carbonyl (C=O) groups excluding carboxylic acids is 3. The van der Waals surface area contributed by atoms with Crippen molar-refractivity contribution in [3.63, 3.8) is 0 Å². The third-order valence-electron chi connectivity index (χ3n) is 5.55. The molecule has 0 unspecified atom stereocenters. The molecule has 0 radical (unpaired) electrons. The molecule has 1 heterocycles.